The van der Waals surface area contributed by atoms with Crippen LogP contribution in [-0.4, -0.2) is 45.3 Å². The Balaban J connectivity index is 2.76. The lowest BCUT2D eigenvalue weighted by Gasteiger charge is -2.05. The molecule has 0 bridgehead atoms. The molecule has 0 unspecified atom stereocenters. The molecule has 1 N–H and O–H groups in total. The minimum Gasteiger partial charge on any atom is -0.379 e. The molecule has 0 aromatic rings. The first-order valence-corrected chi connectivity index (χ1v) is 5.52. The van der Waals surface area contributed by atoms with Crippen molar-refractivity contribution in [1.29, 1.82) is 0 Å². The lowest BCUT2D eigenvalue weighted by Crippen LogP contribution is -2.20. The number of hydrogen-bond acceptors (Lipinski definition) is 4. The van der Waals surface area contributed by atoms with E-state index in [-0.39, 0.29) is 0 Å². The maximum atomic E-state index is 5.31. The van der Waals surface area contributed by atoms with Crippen molar-refractivity contribution in [2.45, 2.75) is 13.3 Å². The van der Waals surface area contributed by atoms with Gasteiger partial charge in [-0.15, -0.1) is 0 Å². The molecule has 0 aliphatic rings. The SMILES string of the molecule is CCNCCOCCOCCCS. The minimum absolute atomic E-state index is 0.692. The molecule has 13 heavy (non-hydrogen) atoms. The fourth-order valence-electron chi connectivity index (χ4n) is 0.810. The van der Waals surface area contributed by atoms with Gasteiger partial charge in [0.05, 0.1) is 19.8 Å². The van der Waals surface area contributed by atoms with E-state index in [4.69, 9.17) is 9.47 Å². The van der Waals surface area contributed by atoms with Gasteiger partial charge in [0.15, 0.2) is 0 Å². The smallest absolute Gasteiger partial charge is 0.0701 e. The number of thiol groups is 1. The molecule has 0 radical (unpaired) electrons. The van der Waals surface area contributed by atoms with Crippen LogP contribution >= 0.6 is 12.6 Å². The number of hydrogen-bond donors (Lipinski definition) is 2. The summed E-state index contributed by atoms with van der Waals surface area (Å²) < 4.78 is 10.6. The van der Waals surface area contributed by atoms with Crippen LogP contribution in [0.2, 0.25) is 0 Å². The molecule has 0 amide bonds. The highest BCUT2D eigenvalue weighted by atomic mass is 32.1. The van der Waals surface area contributed by atoms with Crippen LogP contribution in [0.1, 0.15) is 13.3 Å². The second-order valence-corrected chi connectivity index (χ2v) is 3.10. The lowest BCUT2D eigenvalue weighted by atomic mass is 10.5. The highest BCUT2D eigenvalue weighted by Gasteiger charge is 1.89. The van der Waals surface area contributed by atoms with Crippen LogP contribution in [-0.2, 0) is 9.47 Å². The molecule has 0 aliphatic carbocycles. The van der Waals surface area contributed by atoms with Crippen molar-refractivity contribution in [3.63, 3.8) is 0 Å². The molecule has 0 aromatic carbocycles. The van der Waals surface area contributed by atoms with Crippen molar-refractivity contribution >= 4 is 12.6 Å². The van der Waals surface area contributed by atoms with E-state index in [0.717, 1.165) is 38.5 Å². The van der Waals surface area contributed by atoms with E-state index in [1.54, 1.807) is 0 Å². The summed E-state index contributed by atoms with van der Waals surface area (Å²) in [5, 5.41) is 3.18. The summed E-state index contributed by atoms with van der Waals surface area (Å²) in [4.78, 5) is 0. The van der Waals surface area contributed by atoms with Gasteiger partial charge >= 0.3 is 0 Å². The maximum absolute atomic E-state index is 5.31. The summed E-state index contributed by atoms with van der Waals surface area (Å²) in [7, 11) is 0. The number of rotatable bonds is 10. The van der Waals surface area contributed by atoms with Crippen molar-refractivity contribution in [2.75, 3.05) is 45.3 Å². The topological polar surface area (TPSA) is 30.5 Å². The highest BCUT2D eigenvalue weighted by Crippen LogP contribution is 1.85. The van der Waals surface area contributed by atoms with Gasteiger partial charge in [-0.1, -0.05) is 6.92 Å². The third-order valence-electron chi connectivity index (χ3n) is 1.49. The number of ether oxygens (including phenoxy) is 2. The summed E-state index contributed by atoms with van der Waals surface area (Å²) in [6.45, 7) is 6.96. The number of likely N-dealkylation sites (N-methyl/N-ethyl adjacent to an activating group) is 1. The van der Waals surface area contributed by atoms with E-state index in [1.165, 1.54) is 0 Å². The zero-order valence-corrected chi connectivity index (χ0v) is 9.31. The van der Waals surface area contributed by atoms with Crippen molar-refractivity contribution in [1.82, 2.24) is 5.32 Å². The summed E-state index contributed by atoms with van der Waals surface area (Å²) >= 11 is 4.08. The predicted octanol–water partition coefficient (Wildman–Crippen LogP) is 0.949. The maximum Gasteiger partial charge on any atom is 0.0701 e. The molecule has 80 valence electrons. The van der Waals surface area contributed by atoms with E-state index in [2.05, 4.69) is 24.9 Å². The van der Waals surface area contributed by atoms with Gasteiger partial charge in [0.1, 0.15) is 0 Å². The summed E-state index contributed by atoms with van der Waals surface area (Å²) in [6.07, 6.45) is 1.01. The Labute approximate surface area is 86.6 Å². The molecule has 0 saturated carbocycles. The fourth-order valence-corrected chi connectivity index (χ4v) is 0.939. The standard InChI is InChI=1S/C9H21NO2S/c1-2-10-4-6-12-8-7-11-5-3-9-13/h10,13H,2-9H2,1H3. The van der Waals surface area contributed by atoms with E-state index < -0.39 is 0 Å². The molecule has 4 heteroatoms. The molecule has 0 fully saturated rings. The molecular formula is C9H21NO2S. The average Bonchev–Trinajstić information content (AvgIpc) is 2.16. The van der Waals surface area contributed by atoms with E-state index in [1.807, 2.05) is 0 Å². The van der Waals surface area contributed by atoms with Crippen molar-refractivity contribution in [2.24, 2.45) is 0 Å². The van der Waals surface area contributed by atoms with Gasteiger partial charge in [0.25, 0.3) is 0 Å². The first-order chi connectivity index (χ1) is 6.41. The van der Waals surface area contributed by atoms with Crippen molar-refractivity contribution in [3.8, 4) is 0 Å². The van der Waals surface area contributed by atoms with E-state index in [9.17, 15) is 0 Å². The Kier molecular flexibility index (Phi) is 12.4. The van der Waals surface area contributed by atoms with Crippen LogP contribution in [0, 0.1) is 0 Å². The second kappa shape index (κ2) is 12.2. The Morgan fingerprint density at radius 1 is 1.08 bits per heavy atom. The molecule has 0 rings (SSSR count). The Hall–Kier alpha value is 0.230. The Morgan fingerprint density at radius 3 is 2.38 bits per heavy atom. The highest BCUT2D eigenvalue weighted by molar-refractivity contribution is 7.80. The quantitative estimate of drug-likeness (QED) is 0.413. The molecule has 3 nitrogen and oxygen atoms in total. The molecular weight excluding hydrogens is 186 g/mol. The zero-order valence-electron chi connectivity index (χ0n) is 8.42. The molecule has 0 aromatic heterocycles. The van der Waals surface area contributed by atoms with Crippen LogP contribution in [0.3, 0.4) is 0 Å². The van der Waals surface area contributed by atoms with Crippen molar-refractivity contribution in [3.05, 3.63) is 0 Å². The minimum atomic E-state index is 0.692. The molecule has 0 heterocycles. The molecule has 0 atom stereocenters. The van der Waals surface area contributed by atoms with Gasteiger partial charge in [-0.3, -0.25) is 0 Å². The largest absolute Gasteiger partial charge is 0.379 e. The fraction of sp³-hybridized carbons (Fsp3) is 1.00. The normalized spacial score (nSPS) is 10.6. The summed E-state index contributed by atoms with van der Waals surface area (Å²) in [5.74, 6) is 0.890. The second-order valence-electron chi connectivity index (χ2n) is 2.66. The van der Waals surface area contributed by atoms with Crippen LogP contribution in [0.25, 0.3) is 0 Å². The summed E-state index contributed by atoms with van der Waals surface area (Å²) in [6, 6.07) is 0. The first-order valence-electron chi connectivity index (χ1n) is 4.89. The monoisotopic (exact) mass is 207 g/mol. The zero-order chi connectivity index (χ0) is 9.78. The van der Waals surface area contributed by atoms with Gasteiger partial charge in [-0.25, -0.2) is 0 Å². The van der Waals surface area contributed by atoms with Gasteiger partial charge in [-0.2, -0.15) is 12.6 Å². The average molecular weight is 207 g/mol. The first kappa shape index (κ1) is 13.2. The van der Waals surface area contributed by atoms with E-state index >= 15 is 0 Å². The third-order valence-corrected chi connectivity index (χ3v) is 1.81. The van der Waals surface area contributed by atoms with Gasteiger partial charge in [0, 0.05) is 13.2 Å². The summed E-state index contributed by atoms with van der Waals surface area (Å²) in [5.41, 5.74) is 0. The van der Waals surface area contributed by atoms with Gasteiger partial charge in [-0.05, 0) is 18.7 Å². The van der Waals surface area contributed by atoms with Crippen LogP contribution in [0.15, 0.2) is 0 Å². The number of nitrogens with one attached hydrogen (secondary N) is 1. The predicted molar refractivity (Wildman–Crippen MR) is 58.7 cm³/mol. The van der Waals surface area contributed by atoms with E-state index in [0.29, 0.717) is 13.2 Å². The van der Waals surface area contributed by atoms with Gasteiger partial charge in [0.2, 0.25) is 0 Å². The Bertz CT molecular complexity index is 83.7. The Morgan fingerprint density at radius 2 is 1.77 bits per heavy atom. The molecule has 0 saturated heterocycles. The van der Waals surface area contributed by atoms with Crippen molar-refractivity contribution < 1.29 is 9.47 Å². The lowest BCUT2D eigenvalue weighted by molar-refractivity contribution is 0.0495. The van der Waals surface area contributed by atoms with Gasteiger partial charge < -0.3 is 14.8 Å². The molecule has 0 spiro atoms. The third kappa shape index (κ3) is 12.2. The molecule has 0 aliphatic heterocycles. The van der Waals surface area contributed by atoms with Crippen LogP contribution in [0.5, 0.6) is 0 Å². The van der Waals surface area contributed by atoms with Crippen LogP contribution < -0.4 is 5.32 Å². The van der Waals surface area contributed by atoms with Crippen LogP contribution in [0.4, 0.5) is 0 Å².